The van der Waals surface area contributed by atoms with Gasteiger partial charge in [-0.15, -0.1) is 0 Å². The summed E-state index contributed by atoms with van der Waals surface area (Å²) in [5.74, 6) is -0.139. The summed E-state index contributed by atoms with van der Waals surface area (Å²) in [4.78, 5) is 18.8. The highest BCUT2D eigenvalue weighted by Crippen LogP contribution is 2.36. The van der Waals surface area contributed by atoms with Crippen LogP contribution in [-0.2, 0) is 4.79 Å². The SMILES string of the molecule is C.CCOc1cc2ncc(C#N)c(Nc3ccc(F)c(C)c3)c2cc1NC(=O)/C=C/CN(C)C. The number of nitrogens with one attached hydrogen (secondary N) is 2. The van der Waals surface area contributed by atoms with Gasteiger partial charge in [0.25, 0.3) is 0 Å². The lowest BCUT2D eigenvalue weighted by Crippen LogP contribution is -2.13. The van der Waals surface area contributed by atoms with E-state index in [1.165, 1.54) is 18.3 Å². The molecule has 1 heterocycles. The van der Waals surface area contributed by atoms with Gasteiger partial charge in [-0.3, -0.25) is 9.78 Å². The highest BCUT2D eigenvalue weighted by molar-refractivity contribution is 6.04. The lowest BCUT2D eigenvalue weighted by Gasteiger charge is -2.16. The summed E-state index contributed by atoms with van der Waals surface area (Å²) in [5, 5.41) is 16.3. The average Bonchev–Trinajstić information content (AvgIpc) is 2.77. The van der Waals surface area contributed by atoms with Gasteiger partial charge in [0.15, 0.2) is 0 Å². The number of pyridine rings is 1. The molecule has 0 bridgehead atoms. The Kier molecular flexibility index (Phi) is 9.10. The summed E-state index contributed by atoms with van der Waals surface area (Å²) in [6.45, 7) is 4.55. The molecule has 0 fully saturated rings. The zero-order valence-electron chi connectivity index (χ0n) is 19.1. The number of nitrogens with zero attached hydrogens (tertiary/aromatic N) is 3. The van der Waals surface area contributed by atoms with Crippen molar-refractivity contribution in [2.45, 2.75) is 21.3 Å². The maximum Gasteiger partial charge on any atom is 0.248 e. The molecule has 34 heavy (non-hydrogen) atoms. The molecule has 1 amide bonds. The highest BCUT2D eigenvalue weighted by Gasteiger charge is 2.15. The molecule has 1 aromatic heterocycles. The maximum atomic E-state index is 13.7. The van der Waals surface area contributed by atoms with Crippen LogP contribution < -0.4 is 15.4 Å². The Morgan fingerprint density at radius 2 is 2.06 bits per heavy atom. The fraction of sp³-hybridized carbons (Fsp3) is 0.269. The van der Waals surface area contributed by atoms with Gasteiger partial charge in [0.2, 0.25) is 5.91 Å². The zero-order valence-corrected chi connectivity index (χ0v) is 19.1. The Hall–Kier alpha value is -3.96. The second-order valence-corrected chi connectivity index (χ2v) is 7.70. The fourth-order valence-corrected chi connectivity index (χ4v) is 3.22. The number of hydrogen-bond donors (Lipinski definition) is 2. The van der Waals surface area contributed by atoms with Crippen LogP contribution in [0.3, 0.4) is 0 Å². The van der Waals surface area contributed by atoms with Crippen LogP contribution in [-0.4, -0.2) is 43.0 Å². The third-order valence-corrected chi connectivity index (χ3v) is 4.81. The van der Waals surface area contributed by atoms with Gasteiger partial charge in [0.1, 0.15) is 17.6 Å². The number of carbonyl (C=O) groups excluding carboxylic acids is 1. The molecule has 0 aliphatic carbocycles. The van der Waals surface area contributed by atoms with Crippen LogP contribution in [0.2, 0.25) is 0 Å². The molecule has 0 atom stereocenters. The Bertz CT molecular complexity index is 1250. The number of amides is 1. The number of nitriles is 1. The van der Waals surface area contributed by atoms with Crippen molar-refractivity contribution in [1.82, 2.24) is 9.88 Å². The Labute approximate surface area is 199 Å². The van der Waals surface area contributed by atoms with Gasteiger partial charge >= 0.3 is 0 Å². The first-order valence-electron chi connectivity index (χ1n) is 10.5. The van der Waals surface area contributed by atoms with E-state index in [4.69, 9.17) is 4.74 Å². The van der Waals surface area contributed by atoms with Crippen LogP contribution in [0.1, 0.15) is 25.5 Å². The quantitative estimate of drug-likeness (QED) is 0.436. The fourth-order valence-electron chi connectivity index (χ4n) is 3.22. The summed E-state index contributed by atoms with van der Waals surface area (Å²) >= 11 is 0. The molecule has 2 aromatic carbocycles. The third-order valence-electron chi connectivity index (χ3n) is 4.81. The van der Waals surface area contributed by atoms with Crippen LogP contribution in [0, 0.1) is 24.1 Å². The van der Waals surface area contributed by atoms with E-state index >= 15 is 0 Å². The van der Waals surface area contributed by atoms with Gasteiger partial charge in [-0.25, -0.2) is 4.39 Å². The number of ether oxygens (including phenoxy) is 1. The maximum absolute atomic E-state index is 13.7. The molecule has 0 aliphatic heterocycles. The molecule has 0 saturated heterocycles. The van der Waals surface area contributed by atoms with E-state index in [1.54, 1.807) is 37.3 Å². The molecular formula is C26H30FN5O2. The van der Waals surface area contributed by atoms with Gasteiger partial charge in [0.05, 0.1) is 29.1 Å². The minimum atomic E-state index is -0.311. The van der Waals surface area contributed by atoms with E-state index in [0.717, 1.165) is 0 Å². The average molecular weight is 464 g/mol. The number of fused-ring (bicyclic) bond motifs is 1. The van der Waals surface area contributed by atoms with Crippen molar-refractivity contribution in [1.29, 1.82) is 5.26 Å². The van der Waals surface area contributed by atoms with Crippen LogP contribution in [0.5, 0.6) is 5.75 Å². The van der Waals surface area contributed by atoms with Crippen molar-refractivity contribution in [3.8, 4) is 11.8 Å². The predicted molar refractivity (Wildman–Crippen MR) is 135 cm³/mol. The molecule has 0 spiro atoms. The van der Waals surface area contributed by atoms with Crippen molar-refractivity contribution in [3.63, 3.8) is 0 Å². The number of likely N-dealkylation sites (N-methyl/N-ethyl adjacent to an activating group) is 1. The van der Waals surface area contributed by atoms with Crippen molar-refractivity contribution < 1.29 is 13.9 Å². The lowest BCUT2D eigenvalue weighted by molar-refractivity contribution is -0.111. The second-order valence-electron chi connectivity index (χ2n) is 7.70. The number of benzene rings is 2. The van der Waals surface area contributed by atoms with Gasteiger partial charge in [-0.1, -0.05) is 13.5 Å². The van der Waals surface area contributed by atoms with Crippen LogP contribution in [0.4, 0.5) is 21.5 Å². The molecule has 0 aliphatic rings. The van der Waals surface area contributed by atoms with Crippen molar-refractivity contribution in [3.05, 3.63) is 65.6 Å². The smallest absolute Gasteiger partial charge is 0.248 e. The molecule has 3 rings (SSSR count). The summed E-state index contributed by atoms with van der Waals surface area (Å²) in [5.41, 5.74) is 2.97. The molecule has 178 valence electrons. The Balaban J connectivity index is 0.00000408. The number of hydrogen-bond acceptors (Lipinski definition) is 6. The van der Waals surface area contributed by atoms with E-state index < -0.39 is 0 Å². The van der Waals surface area contributed by atoms with Gasteiger partial charge in [-0.05, 0) is 57.8 Å². The number of rotatable bonds is 8. The molecule has 0 saturated carbocycles. The number of halogens is 1. The van der Waals surface area contributed by atoms with Gasteiger partial charge in [-0.2, -0.15) is 5.26 Å². The van der Waals surface area contributed by atoms with E-state index in [2.05, 4.69) is 21.7 Å². The first kappa shape index (κ1) is 26.3. The van der Waals surface area contributed by atoms with Crippen molar-refractivity contribution in [2.75, 3.05) is 37.9 Å². The third kappa shape index (κ3) is 6.30. The normalized spacial score (nSPS) is 10.7. The number of anilines is 3. The van der Waals surface area contributed by atoms with E-state index in [9.17, 15) is 14.4 Å². The number of aryl methyl sites for hydroxylation is 1. The summed E-state index contributed by atoms with van der Waals surface area (Å²) < 4.78 is 19.4. The summed E-state index contributed by atoms with van der Waals surface area (Å²) in [6.07, 6.45) is 4.69. The molecule has 0 radical (unpaired) electrons. The second kappa shape index (κ2) is 11.8. The zero-order chi connectivity index (χ0) is 24.0. The van der Waals surface area contributed by atoms with E-state index in [-0.39, 0.29) is 19.2 Å². The molecule has 7 nitrogen and oxygen atoms in total. The minimum absolute atomic E-state index is 0. The van der Waals surface area contributed by atoms with E-state index in [0.29, 0.717) is 58.0 Å². The predicted octanol–water partition coefficient (Wildman–Crippen LogP) is 5.39. The standard InChI is InChI=1S/C25H26FN5O2.CH4/c1-5-33-23-13-21-19(12-22(23)30-24(32)7-6-10-31(3)4)25(17(14-27)15-28-21)29-18-8-9-20(26)16(2)11-18;/h6-9,11-13,15H,5,10H2,1-4H3,(H,28,29)(H,30,32);1H4/b7-6+;. The lowest BCUT2D eigenvalue weighted by atomic mass is 10.1. The van der Waals surface area contributed by atoms with Crippen LogP contribution in [0.25, 0.3) is 10.9 Å². The minimum Gasteiger partial charge on any atom is -0.492 e. The monoisotopic (exact) mass is 463 g/mol. The molecule has 2 N–H and O–H groups in total. The topological polar surface area (TPSA) is 90.3 Å². The Morgan fingerprint density at radius 3 is 2.71 bits per heavy atom. The summed E-state index contributed by atoms with van der Waals surface area (Å²) in [6, 6.07) is 10.2. The van der Waals surface area contributed by atoms with Gasteiger partial charge < -0.3 is 20.3 Å². The largest absolute Gasteiger partial charge is 0.492 e. The number of carbonyl (C=O) groups is 1. The van der Waals surface area contributed by atoms with Crippen LogP contribution in [0.15, 0.2) is 48.7 Å². The molecule has 3 aromatic rings. The van der Waals surface area contributed by atoms with Gasteiger partial charge in [0, 0.05) is 36.0 Å². The molecular weight excluding hydrogens is 433 g/mol. The number of aromatic nitrogens is 1. The van der Waals surface area contributed by atoms with Crippen LogP contribution >= 0.6 is 0 Å². The summed E-state index contributed by atoms with van der Waals surface area (Å²) in [7, 11) is 3.82. The first-order chi connectivity index (χ1) is 15.8. The molecule has 8 heteroatoms. The Morgan fingerprint density at radius 1 is 1.29 bits per heavy atom. The highest BCUT2D eigenvalue weighted by atomic mass is 19.1. The van der Waals surface area contributed by atoms with Crippen molar-refractivity contribution in [2.24, 2.45) is 0 Å². The van der Waals surface area contributed by atoms with Crippen molar-refractivity contribution >= 4 is 33.9 Å². The first-order valence-corrected chi connectivity index (χ1v) is 10.5. The molecule has 0 unspecified atom stereocenters. The van der Waals surface area contributed by atoms with E-state index in [1.807, 2.05) is 25.9 Å².